The van der Waals surface area contributed by atoms with Gasteiger partial charge in [0.2, 0.25) is 0 Å². The molecule has 1 aromatic rings. The summed E-state index contributed by atoms with van der Waals surface area (Å²) in [6.07, 6.45) is 0.458. The molecule has 0 aliphatic carbocycles. The number of esters is 1. The Morgan fingerprint density at radius 1 is 1.60 bits per heavy atom. The molecule has 1 heterocycles. The molecule has 1 atom stereocenters. The molecule has 0 aromatic heterocycles. The first-order chi connectivity index (χ1) is 7.20. The van der Waals surface area contributed by atoms with Crippen molar-refractivity contribution < 1.29 is 9.53 Å². The van der Waals surface area contributed by atoms with Gasteiger partial charge in [0, 0.05) is 18.2 Å². The second kappa shape index (κ2) is 3.93. The maximum absolute atomic E-state index is 11.2. The highest BCUT2D eigenvalue weighted by atomic mass is 16.5. The molecule has 3 heteroatoms. The first-order valence-corrected chi connectivity index (χ1v) is 5.12. The van der Waals surface area contributed by atoms with Gasteiger partial charge in [-0.2, -0.15) is 0 Å². The van der Waals surface area contributed by atoms with E-state index in [4.69, 9.17) is 4.74 Å². The number of methoxy groups -OCH3 is 1. The Bertz CT molecular complexity index is 387. The number of anilines is 1. The SMILES string of the molecule is COC(=O)CC1CNc2ccc(C)cc21. The summed E-state index contributed by atoms with van der Waals surface area (Å²) in [5.41, 5.74) is 3.61. The number of benzene rings is 1. The van der Waals surface area contributed by atoms with Crippen LogP contribution in [0.25, 0.3) is 0 Å². The van der Waals surface area contributed by atoms with Gasteiger partial charge in [0.1, 0.15) is 0 Å². The smallest absolute Gasteiger partial charge is 0.306 e. The van der Waals surface area contributed by atoms with Gasteiger partial charge in [-0.1, -0.05) is 17.7 Å². The number of rotatable bonds is 2. The highest BCUT2D eigenvalue weighted by molar-refractivity contribution is 5.72. The van der Waals surface area contributed by atoms with E-state index >= 15 is 0 Å². The van der Waals surface area contributed by atoms with Crippen LogP contribution in [0.3, 0.4) is 0 Å². The van der Waals surface area contributed by atoms with Gasteiger partial charge in [-0.15, -0.1) is 0 Å². The summed E-state index contributed by atoms with van der Waals surface area (Å²) in [5.74, 6) is 0.114. The fraction of sp³-hybridized carbons (Fsp3) is 0.417. The Morgan fingerprint density at radius 3 is 3.13 bits per heavy atom. The van der Waals surface area contributed by atoms with Gasteiger partial charge in [-0.3, -0.25) is 4.79 Å². The quantitative estimate of drug-likeness (QED) is 0.751. The number of fused-ring (bicyclic) bond motifs is 1. The number of hydrogen-bond donors (Lipinski definition) is 1. The Balaban J connectivity index is 2.20. The average Bonchev–Trinajstić information content (AvgIpc) is 2.61. The van der Waals surface area contributed by atoms with E-state index in [1.165, 1.54) is 18.2 Å². The zero-order chi connectivity index (χ0) is 10.8. The molecule has 15 heavy (non-hydrogen) atoms. The molecule has 1 N–H and O–H groups in total. The minimum Gasteiger partial charge on any atom is -0.469 e. The van der Waals surface area contributed by atoms with E-state index in [1.54, 1.807) is 0 Å². The van der Waals surface area contributed by atoms with Crippen LogP contribution in [0.4, 0.5) is 5.69 Å². The molecule has 80 valence electrons. The molecule has 0 radical (unpaired) electrons. The number of carbonyl (C=O) groups is 1. The first-order valence-electron chi connectivity index (χ1n) is 5.12. The fourth-order valence-corrected chi connectivity index (χ4v) is 1.99. The van der Waals surface area contributed by atoms with E-state index in [2.05, 4.69) is 30.4 Å². The van der Waals surface area contributed by atoms with Gasteiger partial charge in [-0.25, -0.2) is 0 Å². The van der Waals surface area contributed by atoms with Gasteiger partial charge >= 0.3 is 5.97 Å². The van der Waals surface area contributed by atoms with E-state index in [1.807, 2.05) is 0 Å². The molecule has 0 bridgehead atoms. The highest BCUT2D eigenvalue weighted by Gasteiger charge is 2.24. The lowest BCUT2D eigenvalue weighted by Gasteiger charge is -2.08. The molecule has 2 rings (SSSR count). The first kappa shape index (κ1) is 10.0. The summed E-state index contributed by atoms with van der Waals surface area (Å²) >= 11 is 0. The minimum absolute atomic E-state index is 0.142. The van der Waals surface area contributed by atoms with Crippen molar-refractivity contribution in [2.75, 3.05) is 19.0 Å². The number of carbonyl (C=O) groups excluding carboxylic acids is 1. The third-order valence-corrected chi connectivity index (χ3v) is 2.83. The molecule has 1 aliphatic rings. The monoisotopic (exact) mass is 205 g/mol. The molecule has 1 aromatic carbocycles. The van der Waals surface area contributed by atoms with E-state index < -0.39 is 0 Å². The van der Waals surface area contributed by atoms with Crippen molar-refractivity contribution in [3.63, 3.8) is 0 Å². The molecule has 0 saturated carbocycles. The van der Waals surface area contributed by atoms with Gasteiger partial charge in [0.25, 0.3) is 0 Å². The molecular weight excluding hydrogens is 190 g/mol. The van der Waals surface area contributed by atoms with Crippen LogP contribution in [-0.2, 0) is 9.53 Å². The van der Waals surface area contributed by atoms with Crippen LogP contribution in [0.5, 0.6) is 0 Å². The molecule has 1 aliphatic heterocycles. The summed E-state index contributed by atoms with van der Waals surface area (Å²) < 4.78 is 4.69. The number of aryl methyl sites for hydroxylation is 1. The predicted molar refractivity (Wildman–Crippen MR) is 59.0 cm³/mol. The van der Waals surface area contributed by atoms with Gasteiger partial charge in [0.05, 0.1) is 13.5 Å². The lowest BCUT2D eigenvalue weighted by molar-refractivity contribution is -0.140. The van der Waals surface area contributed by atoms with Gasteiger partial charge < -0.3 is 10.1 Å². The number of nitrogens with one attached hydrogen (secondary N) is 1. The van der Waals surface area contributed by atoms with E-state index in [9.17, 15) is 4.79 Å². The minimum atomic E-state index is -0.142. The third kappa shape index (κ3) is 1.96. The van der Waals surface area contributed by atoms with Crippen molar-refractivity contribution in [2.45, 2.75) is 19.3 Å². The Hall–Kier alpha value is -1.51. The summed E-state index contributed by atoms with van der Waals surface area (Å²) in [6, 6.07) is 6.29. The molecule has 0 saturated heterocycles. The zero-order valence-corrected chi connectivity index (χ0v) is 9.04. The summed E-state index contributed by atoms with van der Waals surface area (Å²) in [5, 5.41) is 3.30. The van der Waals surface area contributed by atoms with Crippen LogP contribution in [0, 0.1) is 6.92 Å². The maximum Gasteiger partial charge on any atom is 0.306 e. The van der Waals surface area contributed by atoms with E-state index in [0.717, 1.165) is 12.2 Å². The maximum atomic E-state index is 11.2. The summed E-state index contributed by atoms with van der Waals surface area (Å²) in [6.45, 7) is 2.89. The van der Waals surface area contributed by atoms with Gasteiger partial charge in [-0.05, 0) is 18.6 Å². The zero-order valence-electron chi connectivity index (χ0n) is 9.04. The Labute approximate surface area is 89.4 Å². The van der Waals surface area contributed by atoms with Gasteiger partial charge in [0.15, 0.2) is 0 Å². The Kier molecular flexibility index (Phi) is 2.62. The number of hydrogen-bond acceptors (Lipinski definition) is 3. The lowest BCUT2D eigenvalue weighted by Crippen LogP contribution is -2.10. The van der Waals surface area contributed by atoms with Crippen LogP contribution in [0.1, 0.15) is 23.5 Å². The van der Waals surface area contributed by atoms with E-state index in [-0.39, 0.29) is 11.9 Å². The second-order valence-electron chi connectivity index (χ2n) is 3.95. The highest BCUT2D eigenvalue weighted by Crippen LogP contribution is 2.34. The van der Waals surface area contributed by atoms with Crippen LogP contribution >= 0.6 is 0 Å². The van der Waals surface area contributed by atoms with Crippen molar-refractivity contribution in [1.82, 2.24) is 0 Å². The van der Waals surface area contributed by atoms with Crippen LogP contribution in [0.15, 0.2) is 18.2 Å². The standard InChI is InChI=1S/C12H15NO2/c1-8-3-4-11-10(5-8)9(7-13-11)6-12(14)15-2/h3-5,9,13H,6-7H2,1-2H3. The normalized spacial score (nSPS) is 18.1. The fourth-order valence-electron chi connectivity index (χ4n) is 1.99. The van der Waals surface area contributed by atoms with Crippen molar-refractivity contribution in [3.8, 4) is 0 Å². The van der Waals surface area contributed by atoms with Crippen molar-refractivity contribution in [3.05, 3.63) is 29.3 Å². The largest absolute Gasteiger partial charge is 0.469 e. The summed E-state index contributed by atoms with van der Waals surface area (Å²) in [7, 11) is 1.43. The molecule has 0 spiro atoms. The second-order valence-corrected chi connectivity index (χ2v) is 3.95. The topological polar surface area (TPSA) is 38.3 Å². The summed E-state index contributed by atoms with van der Waals surface area (Å²) in [4.78, 5) is 11.2. The van der Waals surface area contributed by atoms with Crippen LogP contribution in [-0.4, -0.2) is 19.6 Å². The molecular formula is C12H15NO2. The number of ether oxygens (including phenoxy) is 1. The van der Waals surface area contributed by atoms with Crippen molar-refractivity contribution >= 4 is 11.7 Å². The lowest BCUT2D eigenvalue weighted by atomic mass is 9.96. The van der Waals surface area contributed by atoms with Crippen LogP contribution < -0.4 is 5.32 Å². The molecule has 1 unspecified atom stereocenters. The molecule has 0 fully saturated rings. The van der Waals surface area contributed by atoms with Crippen molar-refractivity contribution in [1.29, 1.82) is 0 Å². The Morgan fingerprint density at radius 2 is 2.40 bits per heavy atom. The average molecular weight is 205 g/mol. The third-order valence-electron chi connectivity index (χ3n) is 2.83. The van der Waals surface area contributed by atoms with Crippen molar-refractivity contribution in [2.24, 2.45) is 0 Å². The van der Waals surface area contributed by atoms with Crippen LogP contribution in [0.2, 0.25) is 0 Å². The predicted octanol–water partition coefficient (Wildman–Crippen LogP) is 2.07. The van der Waals surface area contributed by atoms with E-state index in [0.29, 0.717) is 6.42 Å². The molecule has 0 amide bonds. The molecule has 3 nitrogen and oxygen atoms in total.